The molecule has 2 N–H and O–H groups in total. The number of anilines is 1. The van der Waals surface area contributed by atoms with E-state index in [1.54, 1.807) is 60.7 Å². The molecule has 1 aliphatic rings. The van der Waals surface area contributed by atoms with Crippen molar-refractivity contribution in [3.8, 4) is 0 Å². The number of nitrogens with zero attached hydrogens (tertiary/aromatic N) is 1. The first-order chi connectivity index (χ1) is 14.9. The van der Waals surface area contributed by atoms with Gasteiger partial charge in [0.25, 0.3) is 11.7 Å². The Morgan fingerprint density at radius 1 is 0.839 bits per heavy atom. The molecule has 3 aromatic rings. The van der Waals surface area contributed by atoms with E-state index in [2.05, 4.69) is 0 Å². The van der Waals surface area contributed by atoms with Gasteiger partial charge in [0, 0.05) is 11.3 Å². The van der Waals surface area contributed by atoms with Crippen molar-refractivity contribution >= 4 is 29.1 Å². The third kappa shape index (κ3) is 3.59. The lowest BCUT2D eigenvalue weighted by molar-refractivity contribution is -0.132. The Kier molecular flexibility index (Phi) is 5.13. The Bertz CT molecular complexity index is 1210. The second-order valence-corrected chi connectivity index (χ2v) is 7.30. The second kappa shape index (κ2) is 7.91. The highest BCUT2D eigenvalue weighted by atomic mass is 16.4. The lowest BCUT2D eigenvalue weighted by atomic mass is 9.95. The van der Waals surface area contributed by atoms with Crippen molar-refractivity contribution in [2.45, 2.75) is 13.0 Å². The van der Waals surface area contributed by atoms with Crippen LogP contribution >= 0.6 is 0 Å². The highest BCUT2D eigenvalue weighted by Gasteiger charge is 2.47. The molecule has 154 valence electrons. The Morgan fingerprint density at radius 3 is 2.16 bits per heavy atom. The number of carboxylic acid groups (broad SMARTS) is 1. The molecule has 0 aromatic heterocycles. The summed E-state index contributed by atoms with van der Waals surface area (Å²) in [7, 11) is 0. The van der Waals surface area contributed by atoms with Crippen molar-refractivity contribution in [1.82, 2.24) is 0 Å². The van der Waals surface area contributed by atoms with Crippen molar-refractivity contribution in [3.63, 3.8) is 0 Å². The fourth-order valence-corrected chi connectivity index (χ4v) is 3.71. The predicted molar refractivity (Wildman–Crippen MR) is 116 cm³/mol. The summed E-state index contributed by atoms with van der Waals surface area (Å²) in [5.41, 5.74) is 2.24. The van der Waals surface area contributed by atoms with Crippen LogP contribution in [0.25, 0.3) is 5.76 Å². The van der Waals surface area contributed by atoms with E-state index >= 15 is 0 Å². The van der Waals surface area contributed by atoms with E-state index in [1.165, 1.54) is 23.1 Å². The lowest BCUT2D eigenvalue weighted by Crippen LogP contribution is -2.29. The van der Waals surface area contributed by atoms with Crippen LogP contribution < -0.4 is 4.90 Å². The van der Waals surface area contributed by atoms with Crippen molar-refractivity contribution in [2.24, 2.45) is 0 Å². The molecule has 1 amide bonds. The number of Topliss-reactive ketones (excluding diaryl/α,β-unsaturated/α-hetero) is 1. The first-order valence-corrected chi connectivity index (χ1v) is 9.65. The minimum absolute atomic E-state index is 0.00949. The molecule has 4 rings (SSSR count). The van der Waals surface area contributed by atoms with E-state index in [0.717, 1.165) is 5.56 Å². The van der Waals surface area contributed by atoms with Gasteiger partial charge in [-0.2, -0.15) is 0 Å². The number of aliphatic hydroxyl groups excluding tert-OH is 1. The van der Waals surface area contributed by atoms with E-state index in [1.807, 2.05) is 6.92 Å². The fourth-order valence-electron chi connectivity index (χ4n) is 3.71. The molecule has 1 aliphatic heterocycles. The highest BCUT2D eigenvalue weighted by molar-refractivity contribution is 6.51. The Hall–Kier alpha value is -4.19. The molecule has 31 heavy (non-hydrogen) atoms. The Morgan fingerprint density at radius 2 is 1.52 bits per heavy atom. The molecule has 0 radical (unpaired) electrons. The predicted octanol–water partition coefficient (Wildman–Crippen LogP) is 4.32. The van der Waals surface area contributed by atoms with Crippen LogP contribution in [0.3, 0.4) is 0 Å². The molecule has 1 unspecified atom stereocenters. The van der Waals surface area contributed by atoms with Crippen LogP contribution in [0.2, 0.25) is 0 Å². The van der Waals surface area contributed by atoms with Crippen LogP contribution in [0.15, 0.2) is 84.4 Å². The van der Waals surface area contributed by atoms with Crippen molar-refractivity contribution in [3.05, 3.63) is 107 Å². The number of carbonyl (C=O) groups is 3. The summed E-state index contributed by atoms with van der Waals surface area (Å²) in [4.78, 5) is 38.8. The summed E-state index contributed by atoms with van der Waals surface area (Å²) in [6.45, 7) is 1.90. The van der Waals surface area contributed by atoms with Crippen LogP contribution in [0.4, 0.5) is 5.69 Å². The average molecular weight is 413 g/mol. The number of amides is 1. The number of aryl methyl sites for hydroxylation is 1. The number of ketones is 1. The molecule has 6 heteroatoms. The van der Waals surface area contributed by atoms with Gasteiger partial charge in [0.2, 0.25) is 0 Å². The summed E-state index contributed by atoms with van der Waals surface area (Å²) in [5.74, 6) is -3.07. The standard InChI is InChI=1S/C25H19NO5/c1-15-10-12-17(13-11-15)22(27)20-21(16-6-3-2-4-7-16)26(24(29)23(20)28)19-9-5-8-18(14-19)25(30)31/h2-14,21,27H,1H3,(H,30,31)/b22-20-. The van der Waals surface area contributed by atoms with Gasteiger partial charge >= 0.3 is 5.97 Å². The summed E-state index contributed by atoms with van der Waals surface area (Å²) < 4.78 is 0. The van der Waals surface area contributed by atoms with Crippen LogP contribution in [-0.4, -0.2) is 27.9 Å². The zero-order valence-electron chi connectivity index (χ0n) is 16.6. The molecule has 0 bridgehead atoms. The largest absolute Gasteiger partial charge is 0.507 e. The van der Waals surface area contributed by atoms with Gasteiger partial charge in [-0.05, 0) is 30.7 Å². The van der Waals surface area contributed by atoms with Crippen molar-refractivity contribution in [1.29, 1.82) is 0 Å². The number of aromatic carboxylic acids is 1. The molecule has 3 aromatic carbocycles. The van der Waals surface area contributed by atoms with E-state index in [4.69, 9.17) is 0 Å². The highest BCUT2D eigenvalue weighted by Crippen LogP contribution is 2.42. The van der Waals surface area contributed by atoms with Gasteiger partial charge in [-0.1, -0.05) is 66.2 Å². The number of carboxylic acids is 1. The summed E-state index contributed by atoms with van der Waals surface area (Å²) in [6.07, 6.45) is 0. The molecule has 1 saturated heterocycles. The lowest BCUT2D eigenvalue weighted by Gasteiger charge is -2.25. The first-order valence-electron chi connectivity index (χ1n) is 9.65. The molecular formula is C25H19NO5. The number of rotatable bonds is 4. The van der Waals surface area contributed by atoms with Crippen molar-refractivity contribution < 1.29 is 24.6 Å². The van der Waals surface area contributed by atoms with Crippen molar-refractivity contribution in [2.75, 3.05) is 4.90 Å². The zero-order chi connectivity index (χ0) is 22.1. The monoisotopic (exact) mass is 413 g/mol. The summed E-state index contributed by atoms with van der Waals surface area (Å²) >= 11 is 0. The maximum Gasteiger partial charge on any atom is 0.335 e. The first kappa shape index (κ1) is 20.1. The Balaban J connectivity index is 1.94. The van der Waals surface area contributed by atoms with Gasteiger partial charge in [-0.3, -0.25) is 14.5 Å². The molecule has 0 saturated carbocycles. The van der Waals surface area contributed by atoms with E-state index in [9.17, 15) is 24.6 Å². The Labute approximate surface area is 178 Å². The number of aliphatic hydroxyl groups is 1. The molecule has 6 nitrogen and oxygen atoms in total. The smallest absolute Gasteiger partial charge is 0.335 e. The fraction of sp³-hybridized carbons (Fsp3) is 0.0800. The molecule has 1 atom stereocenters. The number of hydrogen-bond acceptors (Lipinski definition) is 4. The normalized spacial score (nSPS) is 17.7. The molecule has 0 spiro atoms. The topological polar surface area (TPSA) is 94.9 Å². The van der Waals surface area contributed by atoms with Crippen LogP contribution in [0.5, 0.6) is 0 Å². The van der Waals surface area contributed by atoms with Crippen LogP contribution in [-0.2, 0) is 9.59 Å². The third-order valence-electron chi connectivity index (χ3n) is 5.26. The van der Waals surface area contributed by atoms with E-state index < -0.39 is 23.7 Å². The quantitative estimate of drug-likeness (QED) is 0.377. The molecular weight excluding hydrogens is 394 g/mol. The molecule has 1 fully saturated rings. The van der Waals surface area contributed by atoms with Crippen LogP contribution in [0.1, 0.15) is 33.1 Å². The summed E-state index contributed by atoms with van der Waals surface area (Å²) in [5, 5.41) is 20.4. The zero-order valence-corrected chi connectivity index (χ0v) is 16.6. The maximum absolute atomic E-state index is 13.1. The number of carbonyl (C=O) groups excluding carboxylic acids is 2. The van der Waals surface area contributed by atoms with E-state index in [-0.39, 0.29) is 22.6 Å². The molecule has 0 aliphatic carbocycles. The van der Waals surface area contributed by atoms with Gasteiger partial charge in [0.15, 0.2) is 0 Å². The summed E-state index contributed by atoms with van der Waals surface area (Å²) in [6, 6.07) is 20.8. The third-order valence-corrected chi connectivity index (χ3v) is 5.26. The average Bonchev–Trinajstić information content (AvgIpc) is 3.05. The van der Waals surface area contributed by atoms with E-state index in [0.29, 0.717) is 11.1 Å². The van der Waals surface area contributed by atoms with Crippen LogP contribution in [0, 0.1) is 6.92 Å². The minimum atomic E-state index is -1.14. The van der Waals surface area contributed by atoms with Gasteiger partial charge in [-0.15, -0.1) is 0 Å². The SMILES string of the molecule is Cc1ccc(/C(O)=C2/C(=O)C(=O)N(c3cccc(C(=O)O)c3)C2c2ccccc2)cc1. The number of benzene rings is 3. The van der Waals surface area contributed by atoms with Gasteiger partial charge in [-0.25, -0.2) is 4.79 Å². The molecule has 1 heterocycles. The maximum atomic E-state index is 13.1. The van der Waals surface area contributed by atoms with Gasteiger partial charge in [0.05, 0.1) is 17.2 Å². The van der Waals surface area contributed by atoms with Gasteiger partial charge < -0.3 is 10.2 Å². The minimum Gasteiger partial charge on any atom is -0.507 e. The number of hydrogen-bond donors (Lipinski definition) is 2. The second-order valence-electron chi connectivity index (χ2n) is 7.30. The van der Waals surface area contributed by atoms with Gasteiger partial charge in [0.1, 0.15) is 5.76 Å².